The van der Waals surface area contributed by atoms with Crippen LogP contribution in [-0.2, 0) is 32.4 Å². The SMILES string of the molecule is O=C(CC12COC(CF)(C1)C2)NS(=O)(=O)c1cccc2c1CCCC2. The van der Waals surface area contributed by atoms with Crippen LogP contribution in [0.2, 0.25) is 0 Å². The number of amides is 1. The minimum atomic E-state index is -3.89. The Kier molecular flexibility index (Phi) is 3.92. The molecule has 5 nitrogen and oxygen atoms in total. The van der Waals surface area contributed by atoms with E-state index in [0.717, 1.165) is 36.8 Å². The summed E-state index contributed by atoms with van der Waals surface area (Å²) in [6, 6.07) is 5.25. The summed E-state index contributed by atoms with van der Waals surface area (Å²) in [5.74, 6) is -0.536. The molecule has 3 fully saturated rings. The molecule has 1 aromatic carbocycles. The molecule has 1 amide bonds. The normalized spacial score (nSPS) is 30.4. The molecular formula is C18H22FNO4S. The Bertz CT molecular complexity index is 814. The van der Waals surface area contributed by atoms with Crippen molar-refractivity contribution < 1.29 is 22.3 Å². The summed E-state index contributed by atoms with van der Waals surface area (Å²) in [7, 11) is -3.89. The van der Waals surface area contributed by atoms with E-state index < -0.39 is 33.6 Å². The zero-order valence-electron chi connectivity index (χ0n) is 14.0. The van der Waals surface area contributed by atoms with Gasteiger partial charge in [-0.15, -0.1) is 0 Å². The van der Waals surface area contributed by atoms with E-state index in [2.05, 4.69) is 4.72 Å². The Morgan fingerprint density at radius 3 is 2.72 bits per heavy atom. The molecule has 2 aliphatic carbocycles. The van der Waals surface area contributed by atoms with Gasteiger partial charge in [-0.2, -0.15) is 0 Å². The summed E-state index contributed by atoms with van der Waals surface area (Å²) in [4.78, 5) is 12.6. The molecule has 2 bridgehead atoms. The molecule has 1 saturated carbocycles. The predicted octanol–water partition coefficient (Wildman–Crippen LogP) is 2.28. The first-order chi connectivity index (χ1) is 11.9. The van der Waals surface area contributed by atoms with Crippen LogP contribution in [0.1, 0.15) is 43.2 Å². The van der Waals surface area contributed by atoms with Gasteiger partial charge >= 0.3 is 0 Å². The molecule has 25 heavy (non-hydrogen) atoms. The zero-order valence-corrected chi connectivity index (χ0v) is 14.8. The molecular weight excluding hydrogens is 345 g/mol. The number of carbonyl (C=O) groups is 1. The van der Waals surface area contributed by atoms with Gasteiger partial charge in [0.25, 0.3) is 10.0 Å². The van der Waals surface area contributed by atoms with Gasteiger partial charge in [-0.25, -0.2) is 17.5 Å². The maximum absolute atomic E-state index is 13.0. The number of hydrogen-bond acceptors (Lipinski definition) is 4. The summed E-state index contributed by atoms with van der Waals surface area (Å²) >= 11 is 0. The van der Waals surface area contributed by atoms with E-state index in [9.17, 15) is 17.6 Å². The molecule has 7 heteroatoms. The third-order valence-electron chi connectivity index (χ3n) is 5.75. The highest BCUT2D eigenvalue weighted by atomic mass is 32.2. The minimum Gasteiger partial charge on any atom is -0.372 e. The van der Waals surface area contributed by atoms with Gasteiger partial charge in [-0.1, -0.05) is 12.1 Å². The number of hydrogen-bond donors (Lipinski definition) is 1. The van der Waals surface area contributed by atoms with Crippen molar-refractivity contribution in [3.05, 3.63) is 29.3 Å². The molecule has 0 spiro atoms. The third-order valence-corrected chi connectivity index (χ3v) is 7.21. The molecule has 4 aliphatic rings. The van der Waals surface area contributed by atoms with Gasteiger partial charge in [-0.05, 0) is 55.7 Å². The lowest BCUT2D eigenvalue weighted by Crippen LogP contribution is -2.48. The van der Waals surface area contributed by atoms with Crippen LogP contribution < -0.4 is 4.72 Å². The number of halogens is 1. The van der Waals surface area contributed by atoms with Gasteiger partial charge in [0.15, 0.2) is 0 Å². The van der Waals surface area contributed by atoms with Crippen molar-refractivity contribution in [1.29, 1.82) is 0 Å². The fourth-order valence-electron chi connectivity index (χ4n) is 4.71. The summed E-state index contributed by atoms with van der Waals surface area (Å²) in [6.07, 6.45) is 4.65. The maximum atomic E-state index is 13.0. The Morgan fingerprint density at radius 2 is 2.00 bits per heavy atom. The van der Waals surface area contributed by atoms with Crippen LogP contribution in [0.3, 0.4) is 0 Å². The van der Waals surface area contributed by atoms with Crippen LogP contribution in [0.15, 0.2) is 23.1 Å². The van der Waals surface area contributed by atoms with Gasteiger partial charge in [0.1, 0.15) is 6.67 Å². The Labute approximate surface area is 147 Å². The highest BCUT2D eigenvalue weighted by Gasteiger charge is 2.63. The summed E-state index contributed by atoms with van der Waals surface area (Å²) in [5.41, 5.74) is 0.756. The number of nitrogens with one attached hydrogen (secondary N) is 1. The van der Waals surface area contributed by atoms with Crippen molar-refractivity contribution >= 4 is 15.9 Å². The number of alkyl halides is 1. The lowest BCUT2D eigenvalue weighted by Gasteiger charge is -2.42. The Hall–Kier alpha value is -1.47. The predicted molar refractivity (Wildman–Crippen MR) is 89.4 cm³/mol. The van der Waals surface area contributed by atoms with E-state index in [-0.39, 0.29) is 11.3 Å². The van der Waals surface area contributed by atoms with Gasteiger partial charge in [-0.3, -0.25) is 4.79 Å². The van der Waals surface area contributed by atoms with Crippen molar-refractivity contribution in [2.75, 3.05) is 13.3 Å². The molecule has 136 valence electrons. The van der Waals surface area contributed by atoms with Gasteiger partial charge < -0.3 is 4.74 Å². The van der Waals surface area contributed by atoms with Crippen molar-refractivity contribution in [3.8, 4) is 0 Å². The van der Waals surface area contributed by atoms with Crippen molar-refractivity contribution in [1.82, 2.24) is 4.72 Å². The van der Waals surface area contributed by atoms with E-state index in [1.54, 1.807) is 12.1 Å². The van der Waals surface area contributed by atoms with Gasteiger partial charge in [0, 0.05) is 11.8 Å². The largest absolute Gasteiger partial charge is 0.372 e. The molecule has 2 saturated heterocycles. The zero-order chi connectivity index (χ0) is 17.7. The minimum absolute atomic E-state index is 0.0585. The molecule has 5 rings (SSSR count). The van der Waals surface area contributed by atoms with Gasteiger partial charge in [0.05, 0.1) is 17.1 Å². The molecule has 0 unspecified atom stereocenters. The first-order valence-electron chi connectivity index (χ1n) is 8.74. The number of aryl methyl sites for hydroxylation is 1. The van der Waals surface area contributed by atoms with E-state index in [0.29, 0.717) is 19.4 Å². The fourth-order valence-corrected chi connectivity index (χ4v) is 6.01. The third kappa shape index (κ3) is 2.87. The first kappa shape index (κ1) is 17.0. The van der Waals surface area contributed by atoms with Crippen LogP contribution in [0.4, 0.5) is 4.39 Å². The number of fused-ring (bicyclic) bond motifs is 2. The van der Waals surface area contributed by atoms with E-state index in [1.165, 1.54) is 0 Å². The number of sulfonamides is 1. The lowest BCUT2D eigenvalue weighted by atomic mass is 9.61. The Morgan fingerprint density at radius 1 is 1.24 bits per heavy atom. The molecule has 2 aliphatic heterocycles. The van der Waals surface area contributed by atoms with Crippen LogP contribution in [0, 0.1) is 5.41 Å². The number of rotatable bonds is 5. The second-order valence-corrected chi connectivity index (χ2v) is 9.42. The maximum Gasteiger partial charge on any atom is 0.264 e. The smallest absolute Gasteiger partial charge is 0.264 e. The highest BCUT2D eigenvalue weighted by Crippen LogP contribution is 2.59. The number of benzene rings is 1. The monoisotopic (exact) mass is 367 g/mol. The van der Waals surface area contributed by atoms with Crippen molar-refractivity contribution in [2.24, 2.45) is 5.41 Å². The molecule has 0 aromatic heterocycles. The van der Waals surface area contributed by atoms with E-state index in [4.69, 9.17) is 4.74 Å². The molecule has 1 aromatic rings. The van der Waals surface area contributed by atoms with Crippen LogP contribution >= 0.6 is 0 Å². The fraction of sp³-hybridized carbons (Fsp3) is 0.611. The second-order valence-electron chi connectivity index (χ2n) is 7.77. The number of ether oxygens (including phenoxy) is 1. The van der Waals surface area contributed by atoms with E-state index >= 15 is 0 Å². The molecule has 0 radical (unpaired) electrons. The summed E-state index contributed by atoms with van der Waals surface area (Å²) in [5, 5.41) is 0. The number of carbonyl (C=O) groups excluding carboxylic acids is 1. The van der Waals surface area contributed by atoms with E-state index in [1.807, 2.05) is 6.07 Å². The van der Waals surface area contributed by atoms with Crippen LogP contribution in [0.5, 0.6) is 0 Å². The lowest BCUT2D eigenvalue weighted by molar-refractivity contribution is -0.123. The first-order valence-corrected chi connectivity index (χ1v) is 10.2. The topological polar surface area (TPSA) is 72.5 Å². The average molecular weight is 367 g/mol. The molecule has 2 heterocycles. The van der Waals surface area contributed by atoms with Crippen molar-refractivity contribution in [3.63, 3.8) is 0 Å². The molecule has 1 N–H and O–H groups in total. The van der Waals surface area contributed by atoms with Crippen LogP contribution in [-0.4, -0.2) is 33.2 Å². The summed E-state index contributed by atoms with van der Waals surface area (Å²) in [6.45, 7) is -0.226. The standard InChI is InChI=1S/C18H22FNO4S/c19-11-18-9-17(10-18,12-24-18)8-16(21)20-25(22,23)15-7-3-5-13-4-1-2-6-14(13)15/h3,5,7H,1-2,4,6,8-12H2,(H,20,21). The summed E-state index contributed by atoms with van der Waals surface area (Å²) < 4.78 is 46.0. The van der Waals surface area contributed by atoms with Crippen molar-refractivity contribution in [2.45, 2.75) is 55.4 Å². The second kappa shape index (κ2) is 5.77. The van der Waals surface area contributed by atoms with Crippen LogP contribution in [0.25, 0.3) is 0 Å². The molecule has 0 atom stereocenters. The highest BCUT2D eigenvalue weighted by molar-refractivity contribution is 7.90. The van der Waals surface area contributed by atoms with Gasteiger partial charge in [0.2, 0.25) is 5.91 Å². The quantitative estimate of drug-likeness (QED) is 0.867. The average Bonchev–Trinajstić information content (AvgIpc) is 3.09. The Balaban J connectivity index is 1.48.